The minimum absolute atomic E-state index is 0.515. The van der Waals surface area contributed by atoms with Gasteiger partial charge < -0.3 is 10.6 Å². The quantitative estimate of drug-likeness (QED) is 0.497. The Labute approximate surface area is 72.5 Å². The fourth-order valence-corrected chi connectivity index (χ4v) is 0.934. The molecule has 0 fully saturated rings. The Hall–Kier alpha value is -1.51. The van der Waals surface area contributed by atoms with Gasteiger partial charge in [0, 0.05) is 19.8 Å². The lowest BCUT2D eigenvalue weighted by molar-refractivity contribution is 1.20. The maximum atomic E-state index is 5.62. The Morgan fingerprint density at radius 1 is 1.33 bits per heavy atom. The molecule has 0 spiro atoms. The van der Waals surface area contributed by atoms with Gasteiger partial charge in [0.1, 0.15) is 0 Å². The van der Waals surface area contributed by atoms with Crippen LogP contribution in [0.5, 0.6) is 0 Å². The number of guanidine groups is 1. The Kier molecular flexibility index (Phi) is 2.69. The average Bonchev–Trinajstić information content (AvgIpc) is 2.17. The van der Waals surface area contributed by atoms with Gasteiger partial charge in [-0.25, -0.2) is 0 Å². The molecule has 0 saturated heterocycles. The van der Waals surface area contributed by atoms with Crippen molar-refractivity contribution in [3.63, 3.8) is 0 Å². The third kappa shape index (κ3) is 1.75. The standard InChI is InChI=1S/C9H13N3/c1-11-9(10)12(2)8-6-4-3-5-7-8/h3-7H,1-2H3,(H2,10,11). The predicted molar refractivity (Wildman–Crippen MR) is 52.4 cm³/mol. The van der Waals surface area contributed by atoms with Crippen LogP contribution in [0.4, 0.5) is 5.69 Å². The molecule has 0 unspecified atom stereocenters. The first-order valence-corrected chi connectivity index (χ1v) is 3.76. The number of aliphatic imine (C=N–C) groups is 1. The highest BCUT2D eigenvalue weighted by Crippen LogP contribution is 2.09. The molecule has 12 heavy (non-hydrogen) atoms. The Balaban J connectivity index is 2.86. The molecular formula is C9H13N3. The smallest absolute Gasteiger partial charge is 0.195 e. The number of anilines is 1. The first-order chi connectivity index (χ1) is 5.75. The lowest BCUT2D eigenvalue weighted by Crippen LogP contribution is -2.33. The summed E-state index contributed by atoms with van der Waals surface area (Å²) in [7, 11) is 3.56. The van der Waals surface area contributed by atoms with Crippen molar-refractivity contribution in [2.45, 2.75) is 0 Å². The van der Waals surface area contributed by atoms with E-state index in [0.717, 1.165) is 5.69 Å². The van der Waals surface area contributed by atoms with Crippen molar-refractivity contribution in [2.75, 3.05) is 19.0 Å². The van der Waals surface area contributed by atoms with Crippen LogP contribution in [0, 0.1) is 0 Å². The zero-order chi connectivity index (χ0) is 8.97. The van der Waals surface area contributed by atoms with Crippen molar-refractivity contribution in [1.29, 1.82) is 0 Å². The van der Waals surface area contributed by atoms with Crippen molar-refractivity contribution in [3.05, 3.63) is 30.3 Å². The number of rotatable bonds is 1. The molecule has 0 saturated carbocycles. The zero-order valence-electron chi connectivity index (χ0n) is 7.36. The van der Waals surface area contributed by atoms with Crippen LogP contribution in [0.25, 0.3) is 0 Å². The molecule has 0 heterocycles. The first kappa shape index (κ1) is 8.59. The fourth-order valence-electron chi connectivity index (χ4n) is 0.934. The van der Waals surface area contributed by atoms with E-state index in [1.165, 1.54) is 0 Å². The Bertz CT molecular complexity index is 266. The van der Waals surface area contributed by atoms with Crippen LogP contribution in [0.2, 0.25) is 0 Å². The van der Waals surface area contributed by atoms with Crippen LogP contribution < -0.4 is 10.6 Å². The van der Waals surface area contributed by atoms with Gasteiger partial charge in [0.15, 0.2) is 5.96 Å². The molecule has 1 rings (SSSR count). The fraction of sp³-hybridized carbons (Fsp3) is 0.222. The van der Waals surface area contributed by atoms with E-state index in [9.17, 15) is 0 Å². The lowest BCUT2D eigenvalue weighted by Gasteiger charge is -2.17. The number of nitrogens with zero attached hydrogens (tertiary/aromatic N) is 2. The van der Waals surface area contributed by atoms with Crippen LogP contribution in [-0.2, 0) is 0 Å². The van der Waals surface area contributed by atoms with Crippen LogP contribution in [0.3, 0.4) is 0 Å². The normalized spacial score (nSPS) is 11.3. The van der Waals surface area contributed by atoms with Crippen LogP contribution in [0.15, 0.2) is 35.3 Å². The van der Waals surface area contributed by atoms with Crippen molar-refractivity contribution < 1.29 is 0 Å². The van der Waals surface area contributed by atoms with Crippen molar-refractivity contribution in [3.8, 4) is 0 Å². The van der Waals surface area contributed by atoms with E-state index >= 15 is 0 Å². The molecule has 1 aromatic rings. The van der Waals surface area contributed by atoms with Crippen LogP contribution in [0.1, 0.15) is 0 Å². The molecule has 0 aliphatic heterocycles. The van der Waals surface area contributed by atoms with Crippen molar-refractivity contribution in [1.82, 2.24) is 0 Å². The van der Waals surface area contributed by atoms with Crippen molar-refractivity contribution in [2.24, 2.45) is 10.7 Å². The molecule has 0 atom stereocenters. The molecule has 1 aromatic carbocycles. The van der Waals surface area contributed by atoms with Gasteiger partial charge in [0.2, 0.25) is 0 Å². The topological polar surface area (TPSA) is 41.6 Å². The second kappa shape index (κ2) is 3.76. The summed E-state index contributed by atoms with van der Waals surface area (Å²) in [6, 6.07) is 9.87. The second-order valence-corrected chi connectivity index (χ2v) is 2.48. The molecule has 3 heteroatoms. The molecule has 0 amide bonds. The highest BCUT2D eigenvalue weighted by atomic mass is 15.2. The summed E-state index contributed by atoms with van der Waals surface area (Å²) in [5.74, 6) is 0.515. The van der Waals surface area contributed by atoms with E-state index < -0.39 is 0 Å². The van der Waals surface area contributed by atoms with Gasteiger partial charge in [0.25, 0.3) is 0 Å². The number of para-hydroxylation sites is 1. The van der Waals surface area contributed by atoms with Gasteiger partial charge in [-0.1, -0.05) is 18.2 Å². The predicted octanol–water partition coefficient (Wildman–Crippen LogP) is 1.07. The van der Waals surface area contributed by atoms with E-state index in [2.05, 4.69) is 4.99 Å². The summed E-state index contributed by atoms with van der Waals surface area (Å²) in [6.45, 7) is 0. The third-order valence-corrected chi connectivity index (χ3v) is 1.72. The van der Waals surface area contributed by atoms with Crippen molar-refractivity contribution >= 4 is 11.6 Å². The Morgan fingerprint density at radius 3 is 2.42 bits per heavy atom. The molecule has 0 bridgehead atoms. The maximum Gasteiger partial charge on any atom is 0.195 e. The van der Waals surface area contributed by atoms with E-state index in [0.29, 0.717) is 5.96 Å². The van der Waals surface area contributed by atoms with Gasteiger partial charge in [0.05, 0.1) is 0 Å². The molecular weight excluding hydrogens is 150 g/mol. The van der Waals surface area contributed by atoms with E-state index in [4.69, 9.17) is 5.73 Å². The highest BCUT2D eigenvalue weighted by molar-refractivity contribution is 5.94. The van der Waals surface area contributed by atoms with E-state index in [1.54, 1.807) is 7.05 Å². The van der Waals surface area contributed by atoms with Gasteiger partial charge in [-0.2, -0.15) is 0 Å². The van der Waals surface area contributed by atoms with Gasteiger partial charge >= 0.3 is 0 Å². The van der Waals surface area contributed by atoms with Gasteiger partial charge in [-0.15, -0.1) is 0 Å². The third-order valence-electron chi connectivity index (χ3n) is 1.72. The number of benzene rings is 1. The SMILES string of the molecule is CN=C(N)N(C)c1ccccc1. The molecule has 0 aromatic heterocycles. The van der Waals surface area contributed by atoms with E-state index in [1.807, 2.05) is 42.3 Å². The summed E-state index contributed by atoms with van der Waals surface area (Å²) in [5, 5.41) is 0. The molecule has 0 aliphatic carbocycles. The molecule has 0 radical (unpaired) electrons. The van der Waals surface area contributed by atoms with E-state index in [-0.39, 0.29) is 0 Å². The summed E-state index contributed by atoms with van der Waals surface area (Å²) in [4.78, 5) is 5.72. The molecule has 3 nitrogen and oxygen atoms in total. The largest absolute Gasteiger partial charge is 0.370 e. The summed E-state index contributed by atoms with van der Waals surface area (Å²) < 4.78 is 0. The molecule has 0 aliphatic rings. The highest BCUT2D eigenvalue weighted by Gasteiger charge is 2.01. The maximum absolute atomic E-state index is 5.62. The van der Waals surface area contributed by atoms with Gasteiger partial charge in [-0.05, 0) is 12.1 Å². The summed E-state index contributed by atoms with van der Waals surface area (Å²) >= 11 is 0. The van der Waals surface area contributed by atoms with Crippen LogP contribution in [-0.4, -0.2) is 20.1 Å². The van der Waals surface area contributed by atoms with Crippen LogP contribution >= 0.6 is 0 Å². The summed E-state index contributed by atoms with van der Waals surface area (Å²) in [6.07, 6.45) is 0. The zero-order valence-corrected chi connectivity index (χ0v) is 7.36. The first-order valence-electron chi connectivity index (χ1n) is 3.76. The molecule has 64 valence electrons. The number of nitrogens with two attached hydrogens (primary N) is 1. The monoisotopic (exact) mass is 163 g/mol. The molecule has 2 N–H and O–H groups in total. The average molecular weight is 163 g/mol. The number of hydrogen-bond donors (Lipinski definition) is 1. The second-order valence-electron chi connectivity index (χ2n) is 2.48. The Morgan fingerprint density at radius 2 is 1.92 bits per heavy atom. The number of hydrogen-bond acceptors (Lipinski definition) is 1. The summed E-state index contributed by atoms with van der Waals surface area (Å²) in [5.41, 5.74) is 6.67. The minimum Gasteiger partial charge on any atom is -0.370 e. The van der Waals surface area contributed by atoms with Gasteiger partial charge in [-0.3, -0.25) is 4.99 Å². The lowest BCUT2D eigenvalue weighted by atomic mass is 10.3. The minimum atomic E-state index is 0.515.